The second-order valence-electron chi connectivity index (χ2n) is 4.46. The molecule has 0 bridgehead atoms. The van der Waals surface area contributed by atoms with Gasteiger partial charge < -0.3 is 4.90 Å². The van der Waals surface area contributed by atoms with Crippen molar-refractivity contribution in [2.24, 2.45) is 0 Å². The lowest BCUT2D eigenvalue weighted by molar-refractivity contribution is -0.130. The van der Waals surface area contributed by atoms with Crippen LogP contribution in [0.25, 0.3) is 0 Å². The van der Waals surface area contributed by atoms with Gasteiger partial charge in [-0.15, -0.1) is 11.3 Å². The fourth-order valence-electron chi connectivity index (χ4n) is 1.82. The van der Waals surface area contributed by atoms with E-state index in [4.69, 9.17) is 0 Å². The van der Waals surface area contributed by atoms with Crippen molar-refractivity contribution in [2.75, 3.05) is 7.05 Å². The predicted molar refractivity (Wildman–Crippen MR) is 75.5 cm³/mol. The molecule has 1 heterocycles. The summed E-state index contributed by atoms with van der Waals surface area (Å²) in [7, 11) is 1.81. The van der Waals surface area contributed by atoms with Gasteiger partial charge in [-0.3, -0.25) is 4.79 Å². The van der Waals surface area contributed by atoms with Gasteiger partial charge in [-0.1, -0.05) is 18.2 Å². The van der Waals surface area contributed by atoms with Crippen LogP contribution in [0.4, 0.5) is 4.39 Å². The third-order valence-electron chi connectivity index (χ3n) is 2.94. The molecule has 1 aromatic heterocycles. The van der Waals surface area contributed by atoms with E-state index in [0.717, 1.165) is 5.56 Å². The monoisotopic (exact) mass is 277 g/mol. The number of carbonyl (C=O) groups is 1. The summed E-state index contributed by atoms with van der Waals surface area (Å²) in [6, 6.07) is 10.3. The number of halogens is 1. The molecule has 0 unspecified atom stereocenters. The van der Waals surface area contributed by atoms with Crippen LogP contribution in [0.1, 0.15) is 16.9 Å². The summed E-state index contributed by atoms with van der Waals surface area (Å²) < 4.78 is 12.8. The summed E-state index contributed by atoms with van der Waals surface area (Å²) in [6.45, 7) is 0.653. The maximum Gasteiger partial charge on any atom is 0.222 e. The standard InChI is InChI=1S/C15H16FNOS/c1-17(11-14-3-2-10-19-14)15(18)9-6-12-4-7-13(16)8-5-12/h2-5,7-8,10H,6,9,11H2,1H3. The zero-order valence-electron chi connectivity index (χ0n) is 10.8. The highest BCUT2D eigenvalue weighted by Gasteiger charge is 2.09. The number of rotatable bonds is 5. The maximum absolute atomic E-state index is 12.8. The minimum atomic E-state index is -0.245. The van der Waals surface area contributed by atoms with Crippen molar-refractivity contribution >= 4 is 17.2 Å². The van der Waals surface area contributed by atoms with Crippen molar-refractivity contribution < 1.29 is 9.18 Å². The van der Waals surface area contributed by atoms with E-state index < -0.39 is 0 Å². The van der Waals surface area contributed by atoms with Crippen LogP contribution < -0.4 is 0 Å². The number of carbonyl (C=O) groups excluding carboxylic acids is 1. The van der Waals surface area contributed by atoms with E-state index in [-0.39, 0.29) is 11.7 Å². The Hall–Kier alpha value is -1.68. The Morgan fingerprint density at radius 2 is 2.00 bits per heavy atom. The summed E-state index contributed by atoms with van der Waals surface area (Å²) in [6.07, 6.45) is 1.10. The number of thiophene rings is 1. The third kappa shape index (κ3) is 4.17. The molecule has 100 valence electrons. The lowest BCUT2D eigenvalue weighted by atomic mass is 10.1. The average molecular weight is 277 g/mol. The maximum atomic E-state index is 12.8. The van der Waals surface area contributed by atoms with E-state index in [1.54, 1.807) is 28.4 Å². The molecule has 2 nitrogen and oxygen atoms in total. The number of amides is 1. The first-order valence-electron chi connectivity index (χ1n) is 6.16. The average Bonchev–Trinajstić information content (AvgIpc) is 2.90. The van der Waals surface area contributed by atoms with Gasteiger partial charge in [-0.2, -0.15) is 0 Å². The molecule has 0 saturated carbocycles. The number of hydrogen-bond acceptors (Lipinski definition) is 2. The summed E-state index contributed by atoms with van der Waals surface area (Å²) >= 11 is 1.65. The first-order chi connectivity index (χ1) is 9.15. The van der Waals surface area contributed by atoms with E-state index in [1.807, 2.05) is 24.6 Å². The van der Waals surface area contributed by atoms with Crippen molar-refractivity contribution in [2.45, 2.75) is 19.4 Å². The van der Waals surface area contributed by atoms with Crippen molar-refractivity contribution in [3.8, 4) is 0 Å². The van der Waals surface area contributed by atoms with Crippen molar-refractivity contribution in [1.82, 2.24) is 4.90 Å². The van der Waals surface area contributed by atoms with Gasteiger partial charge in [0.05, 0.1) is 6.54 Å². The zero-order chi connectivity index (χ0) is 13.7. The molecule has 1 aromatic carbocycles. The molecule has 0 aliphatic heterocycles. The Kier molecular flexibility index (Phi) is 4.68. The normalized spacial score (nSPS) is 10.4. The quantitative estimate of drug-likeness (QED) is 0.819. The molecule has 1 amide bonds. The van der Waals surface area contributed by atoms with Gasteiger partial charge in [0.1, 0.15) is 5.82 Å². The first-order valence-corrected chi connectivity index (χ1v) is 7.04. The molecule has 0 saturated heterocycles. The molecule has 0 aliphatic rings. The Morgan fingerprint density at radius 3 is 2.63 bits per heavy atom. The van der Waals surface area contributed by atoms with Crippen LogP contribution in [0, 0.1) is 5.82 Å². The summed E-state index contributed by atoms with van der Waals surface area (Å²) in [5, 5.41) is 2.01. The molecule has 2 aromatic rings. The highest BCUT2D eigenvalue weighted by atomic mass is 32.1. The largest absolute Gasteiger partial charge is 0.341 e. The van der Waals surface area contributed by atoms with Crippen LogP contribution in [0.2, 0.25) is 0 Å². The Balaban J connectivity index is 1.82. The molecule has 0 atom stereocenters. The topological polar surface area (TPSA) is 20.3 Å². The van der Waals surface area contributed by atoms with Gasteiger partial charge in [0.2, 0.25) is 5.91 Å². The highest BCUT2D eigenvalue weighted by molar-refractivity contribution is 7.09. The van der Waals surface area contributed by atoms with Crippen LogP contribution in [0.15, 0.2) is 41.8 Å². The predicted octanol–water partition coefficient (Wildman–Crippen LogP) is 3.48. The van der Waals surface area contributed by atoms with Crippen LogP contribution >= 0.6 is 11.3 Å². The summed E-state index contributed by atoms with van der Waals surface area (Å²) in [5.41, 5.74) is 0.985. The first kappa shape index (κ1) is 13.7. The second-order valence-corrected chi connectivity index (χ2v) is 5.49. The minimum absolute atomic E-state index is 0.109. The molecule has 19 heavy (non-hydrogen) atoms. The fraction of sp³-hybridized carbons (Fsp3) is 0.267. The van der Waals surface area contributed by atoms with Crippen LogP contribution in [-0.4, -0.2) is 17.9 Å². The molecule has 0 radical (unpaired) electrons. The fourth-order valence-corrected chi connectivity index (χ4v) is 2.57. The summed E-state index contributed by atoms with van der Waals surface area (Å²) in [4.78, 5) is 14.9. The molecule has 0 spiro atoms. The van der Waals surface area contributed by atoms with Gasteiger partial charge in [-0.05, 0) is 35.6 Å². The third-order valence-corrected chi connectivity index (χ3v) is 3.80. The lowest BCUT2D eigenvalue weighted by Gasteiger charge is -2.16. The van der Waals surface area contributed by atoms with E-state index in [9.17, 15) is 9.18 Å². The van der Waals surface area contributed by atoms with Gasteiger partial charge in [0, 0.05) is 18.3 Å². The van der Waals surface area contributed by atoms with Crippen LogP contribution in [0.5, 0.6) is 0 Å². The zero-order valence-corrected chi connectivity index (χ0v) is 11.6. The van der Waals surface area contributed by atoms with E-state index >= 15 is 0 Å². The van der Waals surface area contributed by atoms with Crippen LogP contribution in [0.3, 0.4) is 0 Å². The number of benzene rings is 1. The summed E-state index contributed by atoms with van der Waals surface area (Å²) in [5.74, 6) is -0.136. The van der Waals surface area contributed by atoms with Gasteiger partial charge in [0.25, 0.3) is 0 Å². The molecule has 0 aliphatic carbocycles. The van der Waals surface area contributed by atoms with Gasteiger partial charge in [-0.25, -0.2) is 4.39 Å². The Bertz CT molecular complexity index is 522. The second kappa shape index (κ2) is 6.48. The minimum Gasteiger partial charge on any atom is -0.341 e. The van der Waals surface area contributed by atoms with Gasteiger partial charge >= 0.3 is 0 Å². The number of hydrogen-bond donors (Lipinski definition) is 0. The molecular weight excluding hydrogens is 261 g/mol. The van der Waals surface area contributed by atoms with Crippen LogP contribution in [-0.2, 0) is 17.8 Å². The molecule has 4 heteroatoms. The number of nitrogens with zero attached hydrogens (tertiary/aromatic N) is 1. The van der Waals surface area contributed by atoms with E-state index in [1.165, 1.54) is 17.0 Å². The van der Waals surface area contributed by atoms with E-state index in [0.29, 0.717) is 19.4 Å². The number of aryl methyl sites for hydroxylation is 1. The van der Waals surface area contributed by atoms with Crippen molar-refractivity contribution in [3.63, 3.8) is 0 Å². The smallest absolute Gasteiger partial charge is 0.222 e. The Labute approximate surface area is 116 Å². The van der Waals surface area contributed by atoms with Crippen molar-refractivity contribution in [1.29, 1.82) is 0 Å². The Morgan fingerprint density at radius 1 is 1.26 bits per heavy atom. The lowest BCUT2D eigenvalue weighted by Crippen LogP contribution is -2.25. The molecule has 0 fully saturated rings. The van der Waals surface area contributed by atoms with Gasteiger partial charge in [0.15, 0.2) is 0 Å². The highest BCUT2D eigenvalue weighted by Crippen LogP contribution is 2.12. The SMILES string of the molecule is CN(Cc1cccs1)C(=O)CCc1ccc(F)cc1. The molecule has 0 N–H and O–H groups in total. The molecule has 2 rings (SSSR count). The van der Waals surface area contributed by atoms with Crippen molar-refractivity contribution in [3.05, 3.63) is 58.0 Å². The molecular formula is C15H16FNOS. The van der Waals surface area contributed by atoms with E-state index in [2.05, 4.69) is 0 Å².